The third-order valence-corrected chi connectivity index (χ3v) is 6.23. The molecule has 1 amide bonds. The molecule has 2 aromatic heterocycles. The van der Waals surface area contributed by atoms with Crippen LogP contribution in [-0.4, -0.2) is 24.5 Å². The molecule has 23 heavy (non-hydrogen) atoms. The van der Waals surface area contributed by atoms with Crippen LogP contribution in [0.1, 0.15) is 23.0 Å². The van der Waals surface area contributed by atoms with Crippen molar-refractivity contribution in [2.24, 2.45) is 0 Å². The second-order valence-electron chi connectivity index (χ2n) is 5.54. The number of carbonyl (C=O) groups is 1. The average molecular weight is 344 g/mol. The van der Waals surface area contributed by atoms with Crippen LogP contribution in [-0.2, 0) is 16.0 Å². The molecule has 1 atom stereocenters. The maximum atomic E-state index is 12.6. The lowest BCUT2D eigenvalue weighted by atomic mass is 10.1. The molecule has 118 valence electrons. The van der Waals surface area contributed by atoms with Gasteiger partial charge in [-0.05, 0) is 35.6 Å². The van der Waals surface area contributed by atoms with Crippen molar-refractivity contribution in [3.8, 4) is 0 Å². The zero-order valence-corrected chi connectivity index (χ0v) is 14.3. The quantitative estimate of drug-likeness (QED) is 0.720. The molecule has 4 rings (SSSR count). The van der Waals surface area contributed by atoms with Gasteiger partial charge in [-0.2, -0.15) is 0 Å². The predicted octanol–water partition coefficient (Wildman–Crippen LogP) is 4.02. The van der Waals surface area contributed by atoms with Crippen molar-refractivity contribution < 1.29 is 9.53 Å². The van der Waals surface area contributed by atoms with Gasteiger partial charge in [0.2, 0.25) is 5.91 Å². The zero-order valence-electron chi connectivity index (χ0n) is 12.7. The minimum absolute atomic E-state index is 0.0373. The number of anilines is 1. The van der Waals surface area contributed by atoms with Crippen LogP contribution in [0.2, 0.25) is 0 Å². The number of rotatable bonds is 3. The molecule has 0 N–H and O–H groups in total. The Morgan fingerprint density at radius 1 is 1.39 bits per heavy atom. The topological polar surface area (TPSA) is 42.4 Å². The van der Waals surface area contributed by atoms with Gasteiger partial charge in [-0.15, -0.1) is 11.3 Å². The van der Waals surface area contributed by atoms with Gasteiger partial charge in [-0.25, -0.2) is 4.98 Å². The number of nitrogens with zero attached hydrogens (tertiary/aromatic N) is 2. The molecule has 3 aromatic rings. The van der Waals surface area contributed by atoms with Crippen molar-refractivity contribution in [3.05, 3.63) is 46.2 Å². The maximum Gasteiger partial charge on any atom is 0.231 e. The first-order chi connectivity index (χ1) is 11.2. The van der Waals surface area contributed by atoms with Crippen molar-refractivity contribution in [2.75, 3.05) is 18.6 Å². The minimum Gasteiger partial charge on any atom is -0.372 e. The molecule has 0 saturated carbocycles. The number of benzene rings is 1. The Labute approximate surface area is 142 Å². The lowest BCUT2D eigenvalue weighted by Gasteiger charge is -2.24. The summed E-state index contributed by atoms with van der Waals surface area (Å²) in [4.78, 5) is 20.0. The lowest BCUT2D eigenvalue weighted by molar-refractivity contribution is -0.121. The molecule has 1 aliphatic heterocycles. The van der Waals surface area contributed by atoms with Crippen LogP contribution in [0, 0.1) is 0 Å². The lowest BCUT2D eigenvalue weighted by Crippen LogP contribution is -2.29. The molecule has 0 aliphatic carbocycles. The Hall–Kier alpha value is -1.76. The van der Waals surface area contributed by atoms with Crippen molar-refractivity contribution in [1.29, 1.82) is 0 Å². The molecule has 4 nitrogen and oxygen atoms in total. The van der Waals surface area contributed by atoms with Crippen LogP contribution in [0.3, 0.4) is 0 Å². The number of hydrogen-bond acceptors (Lipinski definition) is 5. The monoisotopic (exact) mass is 344 g/mol. The van der Waals surface area contributed by atoms with Crippen molar-refractivity contribution in [3.63, 3.8) is 0 Å². The number of thiazole rings is 1. The largest absolute Gasteiger partial charge is 0.372 e. The van der Waals surface area contributed by atoms with E-state index in [2.05, 4.69) is 16.4 Å². The highest BCUT2D eigenvalue weighted by Gasteiger charge is 2.27. The predicted molar refractivity (Wildman–Crippen MR) is 94.4 cm³/mol. The van der Waals surface area contributed by atoms with Gasteiger partial charge >= 0.3 is 0 Å². The Kier molecular flexibility index (Phi) is 3.88. The summed E-state index contributed by atoms with van der Waals surface area (Å²) in [5, 5.41) is 2.81. The summed E-state index contributed by atoms with van der Waals surface area (Å²) < 4.78 is 6.92. The summed E-state index contributed by atoms with van der Waals surface area (Å²) in [6, 6.07) is 10.1. The van der Waals surface area contributed by atoms with Gasteiger partial charge in [0.15, 0.2) is 5.13 Å². The van der Waals surface area contributed by atoms with Crippen molar-refractivity contribution in [1.82, 2.24) is 4.98 Å². The van der Waals surface area contributed by atoms with E-state index in [1.54, 1.807) is 23.3 Å². The van der Waals surface area contributed by atoms with Crippen LogP contribution < -0.4 is 4.90 Å². The van der Waals surface area contributed by atoms with Gasteiger partial charge in [0.25, 0.3) is 0 Å². The van der Waals surface area contributed by atoms with Gasteiger partial charge < -0.3 is 4.74 Å². The average Bonchev–Trinajstić information content (AvgIpc) is 3.20. The first-order valence-corrected chi connectivity index (χ1v) is 9.22. The van der Waals surface area contributed by atoms with E-state index in [-0.39, 0.29) is 12.0 Å². The second-order valence-corrected chi connectivity index (χ2v) is 7.50. The van der Waals surface area contributed by atoms with Gasteiger partial charge in [-0.3, -0.25) is 9.69 Å². The van der Waals surface area contributed by atoms with Crippen molar-refractivity contribution >= 4 is 43.9 Å². The molecule has 0 radical (unpaired) electrons. The summed E-state index contributed by atoms with van der Waals surface area (Å²) in [6.45, 7) is 0.687. The summed E-state index contributed by atoms with van der Waals surface area (Å²) in [7, 11) is 1.79. The summed E-state index contributed by atoms with van der Waals surface area (Å²) in [5.74, 6) is 0.0373. The van der Waals surface area contributed by atoms with Gasteiger partial charge in [0, 0.05) is 11.9 Å². The molecular weight excluding hydrogens is 328 g/mol. The normalized spacial score (nSPS) is 17.2. The smallest absolute Gasteiger partial charge is 0.231 e. The third kappa shape index (κ3) is 2.78. The maximum absolute atomic E-state index is 12.6. The molecule has 6 heteroatoms. The number of fused-ring (bicyclic) bond motifs is 2. The highest BCUT2D eigenvalue weighted by Crippen LogP contribution is 2.35. The Balaban J connectivity index is 1.53. The number of aromatic nitrogens is 1. The zero-order chi connectivity index (χ0) is 15.8. The minimum atomic E-state index is -0.122. The summed E-state index contributed by atoms with van der Waals surface area (Å²) >= 11 is 3.22. The molecule has 1 unspecified atom stereocenters. The van der Waals surface area contributed by atoms with Gasteiger partial charge in [0.05, 0.1) is 23.2 Å². The first-order valence-electron chi connectivity index (χ1n) is 7.52. The van der Waals surface area contributed by atoms with E-state index in [0.717, 1.165) is 21.8 Å². The van der Waals surface area contributed by atoms with Crippen LogP contribution in [0.25, 0.3) is 10.2 Å². The fourth-order valence-electron chi connectivity index (χ4n) is 2.78. The molecule has 0 bridgehead atoms. The fourth-order valence-corrected chi connectivity index (χ4v) is 4.73. The molecule has 3 heterocycles. The Morgan fingerprint density at radius 2 is 2.26 bits per heavy atom. The molecular formula is C17H16N2O2S2. The van der Waals surface area contributed by atoms with Crippen LogP contribution >= 0.6 is 22.7 Å². The van der Waals surface area contributed by atoms with Crippen LogP contribution in [0.4, 0.5) is 5.13 Å². The van der Waals surface area contributed by atoms with E-state index >= 15 is 0 Å². The Morgan fingerprint density at radius 3 is 3.13 bits per heavy atom. The fraction of sp³-hybridized carbons (Fsp3) is 0.294. The van der Waals surface area contributed by atoms with Crippen molar-refractivity contribution in [2.45, 2.75) is 18.9 Å². The highest BCUT2D eigenvalue weighted by atomic mass is 32.1. The van der Waals surface area contributed by atoms with Gasteiger partial charge in [-0.1, -0.05) is 23.5 Å². The third-order valence-electron chi connectivity index (χ3n) is 4.07. The number of thiophene rings is 1. The Bertz CT molecular complexity index is 822. The molecule has 1 aromatic carbocycles. The second kappa shape index (κ2) is 6.03. The number of carbonyl (C=O) groups excluding carboxylic acids is 1. The van der Waals surface area contributed by atoms with E-state index < -0.39 is 0 Å². The SMILES string of the molecule is CN(C(=O)CC1OCCc2ccsc21)c1nc2ccccc2s1. The first kappa shape index (κ1) is 14.8. The van der Waals surface area contributed by atoms with E-state index in [9.17, 15) is 4.79 Å². The highest BCUT2D eigenvalue weighted by molar-refractivity contribution is 7.22. The summed E-state index contributed by atoms with van der Waals surface area (Å²) in [6.07, 6.45) is 1.18. The number of ether oxygens (including phenoxy) is 1. The van der Waals surface area contributed by atoms with E-state index in [1.165, 1.54) is 21.8 Å². The van der Waals surface area contributed by atoms with E-state index in [1.807, 2.05) is 24.3 Å². The number of amides is 1. The molecule has 0 spiro atoms. The standard InChI is InChI=1S/C17H16N2O2S2/c1-19(17-18-12-4-2-3-5-14(12)23-17)15(20)10-13-16-11(6-8-21-13)7-9-22-16/h2-5,7,9,13H,6,8,10H2,1H3. The molecule has 1 aliphatic rings. The number of para-hydroxylation sites is 1. The molecule has 0 saturated heterocycles. The molecule has 0 fully saturated rings. The van der Waals surface area contributed by atoms with E-state index in [0.29, 0.717) is 13.0 Å². The number of hydrogen-bond donors (Lipinski definition) is 0. The van der Waals surface area contributed by atoms with Gasteiger partial charge in [0.1, 0.15) is 6.10 Å². The van der Waals surface area contributed by atoms with Crippen LogP contribution in [0.5, 0.6) is 0 Å². The van der Waals surface area contributed by atoms with Crippen LogP contribution in [0.15, 0.2) is 35.7 Å². The van der Waals surface area contributed by atoms with E-state index in [4.69, 9.17) is 4.74 Å². The summed E-state index contributed by atoms with van der Waals surface area (Å²) in [5.41, 5.74) is 2.25.